The van der Waals surface area contributed by atoms with Crippen molar-refractivity contribution in [2.24, 2.45) is 0 Å². The zero-order valence-corrected chi connectivity index (χ0v) is 16.4. The van der Waals surface area contributed by atoms with Crippen molar-refractivity contribution in [3.8, 4) is 11.9 Å². The maximum absolute atomic E-state index is 11.2. The summed E-state index contributed by atoms with van der Waals surface area (Å²) >= 11 is 0. The molecule has 0 bridgehead atoms. The first kappa shape index (κ1) is 19.6. The highest BCUT2D eigenvalue weighted by atomic mass is 16.5. The maximum Gasteiger partial charge on any atom is 0.319 e. The molecule has 0 radical (unpaired) electrons. The van der Waals surface area contributed by atoms with Gasteiger partial charge in [0.2, 0.25) is 5.88 Å². The lowest BCUT2D eigenvalue weighted by atomic mass is 9.85. The predicted octanol–water partition coefficient (Wildman–Crippen LogP) is 2.91. The Balaban J connectivity index is 1.69. The fourth-order valence-corrected chi connectivity index (χ4v) is 3.38. The van der Waals surface area contributed by atoms with E-state index < -0.39 is 5.60 Å². The summed E-state index contributed by atoms with van der Waals surface area (Å²) in [4.78, 5) is 10.9. The molecule has 0 atom stereocenters. The Kier molecular flexibility index (Phi) is 6.34. The van der Waals surface area contributed by atoms with Crippen molar-refractivity contribution in [3.63, 3.8) is 0 Å². The summed E-state index contributed by atoms with van der Waals surface area (Å²) in [6.07, 6.45) is 3.72. The van der Waals surface area contributed by atoms with E-state index in [-0.39, 0.29) is 6.01 Å². The largest absolute Gasteiger partial charge is 0.478 e. The maximum atomic E-state index is 11.2. The van der Waals surface area contributed by atoms with Gasteiger partial charge >= 0.3 is 6.01 Å². The van der Waals surface area contributed by atoms with E-state index in [2.05, 4.69) is 21.8 Å². The molecule has 1 fully saturated rings. The summed E-state index contributed by atoms with van der Waals surface area (Å²) in [5.41, 5.74) is -0.359. The number of hydrogen-bond acceptors (Lipinski definition) is 7. The van der Waals surface area contributed by atoms with Crippen LogP contribution in [0.4, 0.5) is 0 Å². The van der Waals surface area contributed by atoms with Crippen LogP contribution < -0.4 is 9.47 Å². The third kappa shape index (κ3) is 4.59. The lowest BCUT2D eigenvalue weighted by Gasteiger charge is -2.38. The van der Waals surface area contributed by atoms with E-state index in [1.807, 2.05) is 26.0 Å². The zero-order valence-electron chi connectivity index (χ0n) is 16.4. The van der Waals surface area contributed by atoms with Gasteiger partial charge in [0.1, 0.15) is 11.5 Å². The van der Waals surface area contributed by atoms with E-state index in [4.69, 9.17) is 13.9 Å². The summed E-state index contributed by atoms with van der Waals surface area (Å²) < 4.78 is 16.8. The molecule has 3 heterocycles. The molecule has 7 heteroatoms. The van der Waals surface area contributed by atoms with Gasteiger partial charge in [-0.25, -0.2) is 4.98 Å². The number of ether oxygens (including phenoxy) is 2. The zero-order chi connectivity index (χ0) is 19.3. The molecule has 0 unspecified atom stereocenters. The normalized spacial score (nSPS) is 17.0. The number of hydrogen-bond donors (Lipinski definition) is 1. The summed E-state index contributed by atoms with van der Waals surface area (Å²) in [5, 5.41) is 11.2. The van der Waals surface area contributed by atoms with Crippen LogP contribution in [0.1, 0.15) is 50.7 Å². The summed E-state index contributed by atoms with van der Waals surface area (Å²) in [5.74, 6) is 2.38. The second kappa shape index (κ2) is 8.71. The van der Waals surface area contributed by atoms with Crippen molar-refractivity contribution in [1.82, 2.24) is 14.9 Å². The van der Waals surface area contributed by atoms with Crippen LogP contribution in [0.25, 0.3) is 0 Å². The second-order valence-electron chi connectivity index (χ2n) is 6.77. The van der Waals surface area contributed by atoms with Crippen molar-refractivity contribution in [2.45, 2.75) is 52.2 Å². The minimum absolute atomic E-state index is 0.273. The Morgan fingerprint density at radius 2 is 1.81 bits per heavy atom. The third-order valence-electron chi connectivity index (χ3n) is 4.92. The van der Waals surface area contributed by atoms with E-state index in [0.29, 0.717) is 37.5 Å². The van der Waals surface area contributed by atoms with E-state index in [9.17, 15) is 5.11 Å². The van der Waals surface area contributed by atoms with Crippen LogP contribution in [0, 0.1) is 0 Å². The number of aliphatic hydroxyl groups is 1. The van der Waals surface area contributed by atoms with Crippen molar-refractivity contribution in [1.29, 1.82) is 0 Å². The molecular weight excluding hydrogens is 346 g/mol. The number of furan rings is 1. The number of nitrogens with zero attached hydrogens (tertiary/aromatic N) is 3. The van der Waals surface area contributed by atoms with Gasteiger partial charge in [0.15, 0.2) is 0 Å². The molecule has 0 saturated carbocycles. The summed E-state index contributed by atoms with van der Waals surface area (Å²) in [6, 6.07) is 4.34. The molecule has 0 amide bonds. The summed E-state index contributed by atoms with van der Waals surface area (Å²) in [6.45, 7) is 9.09. The van der Waals surface area contributed by atoms with Gasteiger partial charge in [0.05, 0.1) is 30.9 Å². The number of rotatable bonds is 8. The molecule has 1 N–H and O–H groups in total. The topological polar surface area (TPSA) is 80.9 Å². The molecule has 1 saturated heterocycles. The molecule has 0 aromatic carbocycles. The van der Waals surface area contributed by atoms with Crippen molar-refractivity contribution in [2.75, 3.05) is 26.3 Å². The Morgan fingerprint density at radius 1 is 1.11 bits per heavy atom. The third-order valence-corrected chi connectivity index (χ3v) is 4.92. The molecule has 2 aromatic heterocycles. The van der Waals surface area contributed by atoms with E-state index in [0.717, 1.165) is 37.6 Å². The first-order valence-electron chi connectivity index (χ1n) is 9.73. The van der Waals surface area contributed by atoms with E-state index in [1.54, 1.807) is 6.20 Å². The van der Waals surface area contributed by atoms with Gasteiger partial charge in [0, 0.05) is 25.7 Å². The smallest absolute Gasteiger partial charge is 0.319 e. The molecule has 27 heavy (non-hydrogen) atoms. The van der Waals surface area contributed by atoms with Gasteiger partial charge in [-0.1, -0.05) is 6.92 Å². The second-order valence-corrected chi connectivity index (χ2v) is 6.77. The Labute approximate surface area is 160 Å². The first-order valence-corrected chi connectivity index (χ1v) is 9.73. The van der Waals surface area contributed by atoms with Gasteiger partial charge in [-0.05, 0) is 38.8 Å². The molecule has 0 aliphatic carbocycles. The highest BCUT2D eigenvalue weighted by Crippen LogP contribution is 2.38. The van der Waals surface area contributed by atoms with Crippen LogP contribution in [0.2, 0.25) is 0 Å². The Hall–Kier alpha value is -2.12. The van der Waals surface area contributed by atoms with Crippen molar-refractivity contribution >= 4 is 0 Å². The van der Waals surface area contributed by atoms with Gasteiger partial charge in [-0.15, -0.1) is 0 Å². The predicted molar refractivity (Wildman–Crippen MR) is 101 cm³/mol. The monoisotopic (exact) mass is 375 g/mol. The van der Waals surface area contributed by atoms with E-state index >= 15 is 0 Å². The molecule has 0 spiro atoms. The molecule has 1 aliphatic rings. The van der Waals surface area contributed by atoms with E-state index in [1.165, 1.54) is 0 Å². The van der Waals surface area contributed by atoms with Crippen LogP contribution in [-0.4, -0.2) is 46.3 Å². The first-order chi connectivity index (χ1) is 13.1. The van der Waals surface area contributed by atoms with Crippen molar-refractivity contribution in [3.05, 3.63) is 35.4 Å². The summed E-state index contributed by atoms with van der Waals surface area (Å²) in [7, 11) is 0. The Bertz CT molecular complexity index is 739. The van der Waals surface area contributed by atoms with Crippen LogP contribution in [-0.2, 0) is 18.6 Å². The van der Waals surface area contributed by atoms with Crippen LogP contribution >= 0.6 is 0 Å². The van der Waals surface area contributed by atoms with Crippen LogP contribution in [0.3, 0.4) is 0 Å². The lowest BCUT2D eigenvalue weighted by molar-refractivity contribution is -0.0315. The molecule has 7 nitrogen and oxygen atoms in total. The molecule has 1 aliphatic heterocycles. The molecule has 3 rings (SSSR count). The highest BCUT2D eigenvalue weighted by molar-refractivity contribution is 5.32. The lowest BCUT2D eigenvalue weighted by Crippen LogP contribution is -2.42. The highest BCUT2D eigenvalue weighted by Gasteiger charge is 2.37. The number of aromatic nitrogens is 2. The number of likely N-dealkylation sites (tertiary alicyclic amines) is 1. The van der Waals surface area contributed by atoms with Gasteiger partial charge in [-0.3, -0.25) is 4.90 Å². The van der Waals surface area contributed by atoms with Gasteiger partial charge in [-0.2, -0.15) is 4.98 Å². The number of piperidine rings is 1. The van der Waals surface area contributed by atoms with Crippen LogP contribution in [0.15, 0.2) is 22.7 Å². The molecular formula is C20H29N3O4. The van der Waals surface area contributed by atoms with Crippen LogP contribution in [0.5, 0.6) is 11.9 Å². The minimum Gasteiger partial charge on any atom is -0.478 e. The van der Waals surface area contributed by atoms with Gasteiger partial charge in [0.25, 0.3) is 0 Å². The average molecular weight is 375 g/mol. The number of aryl methyl sites for hydroxylation is 1. The average Bonchev–Trinajstić information content (AvgIpc) is 3.12. The molecule has 148 valence electrons. The fourth-order valence-electron chi connectivity index (χ4n) is 3.38. The van der Waals surface area contributed by atoms with Crippen molar-refractivity contribution < 1.29 is 19.0 Å². The van der Waals surface area contributed by atoms with Gasteiger partial charge < -0.3 is 19.0 Å². The Morgan fingerprint density at radius 3 is 2.44 bits per heavy atom. The standard InChI is InChI=1S/C20H29N3O4/c1-4-15-7-8-16(27-15)14-23-11-9-20(24,10-12-23)17-13-21-19(26-6-3)22-18(17)25-5-2/h7-8,13,24H,4-6,9-12,14H2,1-3H3. The minimum atomic E-state index is -0.997. The quantitative estimate of drug-likeness (QED) is 0.760. The molecule has 2 aromatic rings. The fraction of sp³-hybridized carbons (Fsp3) is 0.600. The SMILES string of the molecule is CCOc1ncc(C2(O)CCN(Cc3ccc(CC)o3)CC2)c(OCC)n1.